The molecule has 1 fully saturated rings. The maximum Gasteiger partial charge on any atom is 0.303 e. The lowest BCUT2D eigenvalue weighted by molar-refractivity contribution is -0.159. The van der Waals surface area contributed by atoms with E-state index in [-0.39, 0.29) is 28.9 Å². The van der Waals surface area contributed by atoms with Crippen LogP contribution in [0.2, 0.25) is 5.15 Å². The quantitative estimate of drug-likeness (QED) is 0.179. The molecule has 15 nitrogen and oxygen atoms in total. The Labute approximate surface area is 234 Å². The van der Waals surface area contributed by atoms with Gasteiger partial charge in [0.05, 0.1) is 25.4 Å². The Morgan fingerprint density at radius 2 is 1.73 bits per heavy atom. The number of anilines is 1. The van der Waals surface area contributed by atoms with E-state index >= 15 is 0 Å². The molecular formula is C22H26ClN5O10S2. The number of carbonyl (C=O) groups is 1. The van der Waals surface area contributed by atoms with Gasteiger partial charge in [0.25, 0.3) is 20.2 Å². The standard InChI is InChI=1S/C22H26ClN5O10S2/c1-13(29)37-16-17(34-9-14-7-5-4-6-8-14)22(10-35-39(2,30)31,11-36-40(3,32)33)38-20(16)28-12-25-15-18(23)26-21(24)27-19(15)28/h4-8,12,16-17,20H,9-11H2,1-3H3,(H2,24,26,27)/t16-,17+,20-/m1/s1. The van der Waals surface area contributed by atoms with Crippen molar-refractivity contribution in [3.63, 3.8) is 0 Å². The van der Waals surface area contributed by atoms with E-state index in [1.807, 2.05) is 0 Å². The van der Waals surface area contributed by atoms with Crippen molar-refractivity contribution in [3.8, 4) is 0 Å². The molecule has 1 aliphatic rings. The third kappa shape index (κ3) is 7.03. The molecule has 218 valence electrons. The van der Waals surface area contributed by atoms with Crippen LogP contribution in [0.4, 0.5) is 5.95 Å². The predicted octanol–water partition coefficient (Wildman–Crippen LogP) is 0.799. The lowest BCUT2D eigenvalue weighted by Gasteiger charge is -2.33. The molecule has 0 unspecified atom stereocenters. The molecule has 0 aliphatic carbocycles. The van der Waals surface area contributed by atoms with Crippen LogP contribution in [0.15, 0.2) is 36.7 Å². The molecule has 0 radical (unpaired) electrons. The largest absolute Gasteiger partial charge is 0.455 e. The van der Waals surface area contributed by atoms with Crippen molar-refractivity contribution in [2.75, 3.05) is 31.5 Å². The van der Waals surface area contributed by atoms with Crippen molar-refractivity contribution in [1.82, 2.24) is 19.5 Å². The van der Waals surface area contributed by atoms with Crippen LogP contribution >= 0.6 is 11.6 Å². The van der Waals surface area contributed by atoms with Crippen LogP contribution in [-0.4, -0.2) is 85.9 Å². The number of esters is 1. The van der Waals surface area contributed by atoms with Crippen LogP contribution in [0, 0.1) is 0 Å². The number of hydrogen-bond donors (Lipinski definition) is 1. The normalized spacial score (nSPS) is 21.1. The minimum atomic E-state index is -4.07. The third-order valence-electron chi connectivity index (χ3n) is 5.73. The Morgan fingerprint density at radius 3 is 2.30 bits per heavy atom. The van der Waals surface area contributed by atoms with Gasteiger partial charge in [0.1, 0.15) is 24.8 Å². The zero-order valence-corrected chi connectivity index (χ0v) is 23.8. The first-order valence-electron chi connectivity index (χ1n) is 11.5. The van der Waals surface area contributed by atoms with Crippen LogP contribution in [0.25, 0.3) is 11.2 Å². The highest BCUT2D eigenvalue weighted by molar-refractivity contribution is 7.86. The topological polar surface area (TPSA) is 201 Å². The van der Waals surface area contributed by atoms with Gasteiger partial charge in [-0.25, -0.2) is 4.98 Å². The van der Waals surface area contributed by atoms with E-state index in [1.165, 1.54) is 10.9 Å². The van der Waals surface area contributed by atoms with Crippen LogP contribution in [-0.2, 0) is 54.2 Å². The smallest absolute Gasteiger partial charge is 0.303 e. The highest BCUT2D eigenvalue weighted by Crippen LogP contribution is 2.43. The average Bonchev–Trinajstić information content (AvgIpc) is 3.39. The van der Waals surface area contributed by atoms with Gasteiger partial charge in [0.15, 0.2) is 28.7 Å². The van der Waals surface area contributed by atoms with Gasteiger partial charge in [-0.15, -0.1) is 0 Å². The number of aromatic nitrogens is 4. The van der Waals surface area contributed by atoms with Gasteiger partial charge in [-0.05, 0) is 5.56 Å². The molecule has 40 heavy (non-hydrogen) atoms. The van der Waals surface area contributed by atoms with Gasteiger partial charge in [-0.1, -0.05) is 41.9 Å². The van der Waals surface area contributed by atoms with E-state index in [4.69, 9.17) is 39.9 Å². The Bertz CT molecular complexity index is 1560. The van der Waals surface area contributed by atoms with Gasteiger partial charge < -0.3 is 19.9 Å². The van der Waals surface area contributed by atoms with E-state index in [2.05, 4.69) is 15.0 Å². The Balaban J connectivity index is 1.87. The number of ether oxygens (including phenoxy) is 3. The molecular weight excluding hydrogens is 594 g/mol. The molecule has 3 heterocycles. The molecule has 0 spiro atoms. The van der Waals surface area contributed by atoms with E-state index < -0.39 is 63.5 Å². The second kappa shape index (κ2) is 11.5. The fraction of sp³-hybridized carbons (Fsp3) is 0.455. The van der Waals surface area contributed by atoms with Crippen molar-refractivity contribution in [2.45, 2.75) is 37.6 Å². The Kier molecular flexibility index (Phi) is 8.65. The van der Waals surface area contributed by atoms with Gasteiger partial charge in [0.2, 0.25) is 5.95 Å². The summed E-state index contributed by atoms with van der Waals surface area (Å²) in [5.74, 6) is -0.933. The molecule has 4 rings (SSSR count). The van der Waals surface area contributed by atoms with Gasteiger partial charge in [-0.2, -0.15) is 26.8 Å². The number of imidazole rings is 1. The van der Waals surface area contributed by atoms with Gasteiger partial charge >= 0.3 is 5.97 Å². The van der Waals surface area contributed by atoms with E-state index in [0.717, 1.165) is 19.4 Å². The maximum atomic E-state index is 12.3. The third-order valence-corrected chi connectivity index (χ3v) is 7.09. The molecule has 3 atom stereocenters. The highest BCUT2D eigenvalue weighted by Gasteiger charge is 2.60. The summed E-state index contributed by atoms with van der Waals surface area (Å²) in [6.45, 7) is -0.446. The summed E-state index contributed by atoms with van der Waals surface area (Å²) < 4.78 is 77.6. The van der Waals surface area contributed by atoms with Crippen molar-refractivity contribution in [1.29, 1.82) is 0 Å². The van der Waals surface area contributed by atoms with Crippen molar-refractivity contribution < 1.29 is 44.2 Å². The summed E-state index contributed by atoms with van der Waals surface area (Å²) >= 11 is 6.17. The number of fused-ring (bicyclic) bond motifs is 1. The molecule has 18 heteroatoms. The van der Waals surface area contributed by atoms with Gasteiger partial charge in [0, 0.05) is 6.92 Å². The molecule has 1 aromatic carbocycles. The lowest BCUT2D eigenvalue weighted by Crippen LogP contribution is -2.53. The molecule has 1 saturated heterocycles. The van der Waals surface area contributed by atoms with Crippen molar-refractivity contribution in [2.24, 2.45) is 0 Å². The summed E-state index contributed by atoms with van der Waals surface area (Å²) in [7, 11) is -8.15. The van der Waals surface area contributed by atoms with E-state index in [9.17, 15) is 21.6 Å². The first-order chi connectivity index (χ1) is 18.7. The number of halogens is 1. The fourth-order valence-corrected chi connectivity index (χ4v) is 5.18. The number of benzene rings is 1. The van der Waals surface area contributed by atoms with E-state index in [0.29, 0.717) is 5.56 Å². The number of hydrogen-bond acceptors (Lipinski definition) is 14. The number of nitrogens with two attached hydrogens (primary N) is 1. The lowest BCUT2D eigenvalue weighted by atomic mass is 9.96. The molecule has 3 aromatic rings. The number of nitrogens with zero attached hydrogens (tertiary/aromatic N) is 4. The first-order valence-corrected chi connectivity index (χ1v) is 15.5. The number of carbonyl (C=O) groups excluding carboxylic acids is 1. The zero-order chi connectivity index (χ0) is 29.3. The second-order valence-corrected chi connectivity index (χ2v) is 12.6. The summed E-state index contributed by atoms with van der Waals surface area (Å²) in [4.78, 5) is 24.5. The monoisotopic (exact) mass is 619 g/mol. The van der Waals surface area contributed by atoms with Crippen LogP contribution in [0.5, 0.6) is 0 Å². The summed E-state index contributed by atoms with van der Waals surface area (Å²) in [5, 5.41) is -0.0627. The van der Waals surface area contributed by atoms with Crippen molar-refractivity contribution >= 4 is 54.9 Å². The Hall–Kier alpha value is -2.93. The van der Waals surface area contributed by atoms with Crippen LogP contribution in [0.3, 0.4) is 0 Å². The molecule has 0 saturated carbocycles. The number of nitrogen functional groups attached to an aromatic ring is 1. The zero-order valence-electron chi connectivity index (χ0n) is 21.5. The van der Waals surface area contributed by atoms with Crippen LogP contribution < -0.4 is 5.73 Å². The summed E-state index contributed by atoms with van der Waals surface area (Å²) in [6, 6.07) is 8.87. The Morgan fingerprint density at radius 1 is 1.10 bits per heavy atom. The molecule has 0 bridgehead atoms. The fourth-order valence-electron chi connectivity index (χ4n) is 4.13. The first kappa shape index (κ1) is 30.0. The molecule has 2 N–H and O–H groups in total. The van der Waals surface area contributed by atoms with Crippen molar-refractivity contribution in [3.05, 3.63) is 47.4 Å². The van der Waals surface area contributed by atoms with E-state index in [1.54, 1.807) is 30.3 Å². The SMILES string of the molecule is CC(=O)O[C@H]1[C@H](n2cnc3c(Cl)nc(N)nc32)OC(COS(C)(=O)=O)(COS(C)(=O)=O)[C@H]1OCc1ccccc1. The molecule has 1 aliphatic heterocycles. The van der Waals surface area contributed by atoms with Crippen LogP contribution in [0.1, 0.15) is 18.7 Å². The minimum absolute atomic E-state index is 0.0627. The second-order valence-electron chi connectivity index (χ2n) is 8.99. The summed E-state index contributed by atoms with van der Waals surface area (Å²) in [5.41, 5.74) is 4.76. The van der Waals surface area contributed by atoms with Gasteiger partial charge in [-0.3, -0.25) is 17.7 Å². The molecule has 0 amide bonds. The minimum Gasteiger partial charge on any atom is -0.455 e. The number of rotatable bonds is 11. The highest BCUT2D eigenvalue weighted by atomic mass is 35.5. The summed E-state index contributed by atoms with van der Waals surface area (Å²) in [6.07, 6.45) is -1.09. The average molecular weight is 620 g/mol. The molecule has 2 aromatic heterocycles. The maximum absolute atomic E-state index is 12.3. The predicted molar refractivity (Wildman–Crippen MR) is 140 cm³/mol.